The Balaban J connectivity index is 2.48. The maximum atomic E-state index is 3.84. The van der Waals surface area contributed by atoms with Crippen molar-refractivity contribution >= 4 is 11.3 Å². The molecule has 0 unspecified atom stereocenters. The Kier molecular flexibility index (Phi) is 1.25. The molecule has 0 saturated carbocycles. The van der Waals surface area contributed by atoms with Crippen molar-refractivity contribution in [3.63, 3.8) is 0 Å². The van der Waals surface area contributed by atoms with Gasteiger partial charge in [-0.25, -0.2) is 4.68 Å². The first-order chi connectivity index (χ1) is 4.97. The Bertz CT molecular complexity index is 252. The Morgan fingerprint density at radius 1 is 1.50 bits per heavy atom. The normalized spacial score (nSPS) is 10.0. The Labute approximate surface area is 61.9 Å². The first-order valence-corrected chi connectivity index (χ1v) is 3.75. The number of hydrogen-bond acceptors (Lipinski definition) is 3. The summed E-state index contributed by atoms with van der Waals surface area (Å²) in [7, 11) is 0. The van der Waals surface area contributed by atoms with Crippen molar-refractivity contribution in [1.29, 1.82) is 0 Å². The van der Waals surface area contributed by atoms with Crippen molar-refractivity contribution in [1.82, 2.24) is 15.0 Å². The maximum absolute atomic E-state index is 3.84. The van der Waals surface area contributed by atoms with Gasteiger partial charge in [0.15, 0.2) is 0 Å². The Hall–Kier alpha value is -1.16. The van der Waals surface area contributed by atoms with Crippen LogP contribution in [0.5, 0.6) is 0 Å². The van der Waals surface area contributed by atoms with E-state index < -0.39 is 0 Å². The molecule has 2 aromatic heterocycles. The highest BCUT2D eigenvalue weighted by atomic mass is 32.1. The van der Waals surface area contributed by atoms with Crippen molar-refractivity contribution in [3.8, 4) is 5.00 Å². The molecule has 0 aromatic carbocycles. The number of thiophene rings is 1. The molecule has 0 aliphatic rings. The molecule has 2 heterocycles. The van der Waals surface area contributed by atoms with E-state index in [9.17, 15) is 0 Å². The minimum absolute atomic E-state index is 1.09. The second-order valence-electron chi connectivity index (χ2n) is 1.80. The molecule has 0 aliphatic heterocycles. The quantitative estimate of drug-likeness (QED) is 0.615. The third-order valence-electron chi connectivity index (χ3n) is 1.15. The number of hydrogen-bond donors (Lipinski definition) is 0. The van der Waals surface area contributed by atoms with Gasteiger partial charge in [0.25, 0.3) is 0 Å². The monoisotopic (exact) mass is 151 g/mol. The molecule has 2 rings (SSSR count). The van der Waals surface area contributed by atoms with Crippen LogP contribution in [0.25, 0.3) is 5.00 Å². The van der Waals surface area contributed by atoms with Gasteiger partial charge in [-0.15, -0.1) is 16.4 Å². The number of rotatable bonds is 1. The SMILES string of the molecule is c1csc(-n2ccnn2)c1. The molecule has 0 aliphatic carbocycles. The lowest BCUT2D eigenvalue weighted by Crippen LogP contribution is -1.89. The second kappa shape index (κ2) is 2.22. The zero-order valence-corrected chi connectivity index (χ0v) is 5.95. The largest absolute Gasteiger partial charge is 0.211 e. The van der Waals surface area contributed by atoms with E-state index in [0.29, 0.717) is 0 Å². The molecule has 0 amide bonds. The maximum Gasteiger partial charge on any atom is 0.119 e. The number of nitrogens with zero attached hydrogens (tertiary/aromatic N) is 3. The van der Waals surface area contributed by atoms with Crippen molar-refractivity contribution in [2.24, 2.45) is 0 Å². The fourth-order valence-corrected chi connectivity index (χ4v) is 1.39. The molecule has 0 atom stereocenters. The third kappa shape index (κ3) is 0.823. The van der Waals surface area contributed by atoms with Crippen LogP contribution in [0.1, 0.15) is 0 Å². The summed E-state index contributed by atoms with van der Waals surface area (Å²) in [6.45, 7) is 0. The molecule has 0 radical (unpaired) electrons. The van der Waals surface area contributed by atoms with Gasteiger partial charge in [0, 0.05) is 0 Å². The van der Waals surface area contributed by atoms with Crippen LogP contribution in [0.2, 0.25) is 0 Å². The molecule has 3 nitrogen and oxygen atoms in total. The van der Waals surface area contributed by atoms with E-state index in [-0.39, 0.29) is 0 Å². The average Bonchev–Trinajstić information content (AvgIpc) is 2.59. The Morgan fingerprint density at radius 2 is 2.50 bits per heavy atom. The lowest BCUT2D eigenvalue weighted by Gasteiger charge is -1.89. The predicted molar refractivity (Wildman–Crippen MR) is 39.2 cm³/mol. The minimum atomic E-state index is 1.09. The fraction of sp³-hybridized carbons (Fsp3) is 0. The van der Waals surface area contributed by atoms with Crippen molar-refractivity contribution in [3.05, 3.63) is 29.9 Å². The lowest BCUT2D eigenvalue weighted by molar-refractivity contribution is 0.815. The molecule has 0 saturated heterocycles. The molecule has 2 aromatic rings. The fourth-order valence-electron chi connectivity index (χ4n) is 0.726. The number of aromatic nitrogens is 3. The van der Waals surface area contributed by atoms with E-state index in [4.69, 9.17) is 0 Å². The molecule has 0 N–H and O–H groups in total. The van der Waals surface area contributed by atoms with Gasteiger partial charge in [-0.3, -0.25) is 0 Å². The summed E-state index contributed by atoms with van der Waals surface area (Å²) >= 11 is 1.64. The molecular weight excluding hydrogens is 146 g/mol. The predicted octanol–water partition coefficient (Wildman–Crippen LogP) is 1.33. The summed E-state index contributed by atoms with van der Waals surface area (Å²) in [5.74, 6) is 0. The first kappa shape index (κ1) is 5.61. The molecule has 50 valence electrons. The zero-order valence-electron chi connectivity index (χ0n) is 5.14. The van der Waals surface area contributed by atoms with E-state index >= 15 is 0 Å². The van der Waals surface area contributed by atoms with Crippen LogP contribution in [0.15, 0.2) is 29.9 Å². The smallest absolute Gasteiger partial charge is 0.119 e. The van der Waals surface area contributed by atoms with Gasteiger partial charge >= 0.3 is 0 Å². The van der Waals surface area contributed by atoms with Crippen LogP contribution in [0.4, 0.5) is 0 Å². The van der Waals surface area contributed by atoms with E-state index in [1.165, 1.54) is 0 Å². The summed E-state index contributed by atoms with van der Waals surface area (Å²) in [5.41, 5.74) is 0. The minimum Gasteiger partial charge on any atom is -0.211 e. The summed E-state index contributed by atoms with van der Waals surface area (Å²) in [5, 5.41) is 10.6. The van der Waals surface area contributed by atoms with Crippen LogP contribution < -0.4 is 0 Å². The van der Waals surface area contributed by atoms with E-state index in [0.717, 1.165) is 5.00 Å². The molecule has 0 spiro atoms. The van der Waals surface area contributed by atoms with Crippen molar-refractivity contribution < 1.29 is 0 Å². The summed E-state index contributed by atoms with van der Waals surface area (Å²) < 4.78 is 1.74. The topological polar surface area (TPSA) is 30.7 Å². The molecule has 10 heavy (non-hydrogen) atoms. The summed E-state index contributed by atoms with van der Waals surface area (Å²) in [6.07, 6.45) is 3.49. The third-order valence-corrected chi connectivity index (χ3v) is 2.01. The molecule has 4 heteroatoms. The van der Waals surface area contributed by atoms with Crippen LogP contribution in [0, 0.1) is 0 Å². The zero-order chi connectivity index (χ0) is 6.81. The van der Waals surface area contributed by atoms with E-state index in [2.05, 4.69) is 10.3 Å². The standard InChI is InChI=1S/C6H5N3S/c1-2-6(10-5-1)9-4-3-7-8-9/h1-5H. The van der Waals surface area contributed by atoms with Gasteiger partial charge in [0.1, 0.15) is 5.00 Å². The van der Waals surface area contributed by atoms with Gasteiger partial charge in [-0.2, -0.15) is 0 Å². The van der Waals surface area contributed by atoms with Gasteiger partial charge in [0.05, 0.1) is 12.4 Å². The highest BCUT2D eigenvalue weighted by Crippen LogP contribution is 2.11. The second-order valence-corrected chi connectivity index (χ2v) is 2.73. The van der Waals surface area contributed by atoms with Gasteiger partial charge in [-0.1, -0.05) is 5.21 Å². The summed E-state index contributed by atoms with van der Waals surface area (Å²) in [4.78, 5) is 0. The highest BCUT2D eigenvalue weighted by molar-refractivity contribution is 7.12. The van der Waals surface area contributed by atoms with Crippen molar-refractivity contribution in [2.45, 2.75) is 0 Å². The van der Waals surface area contributed by atoms with Gasteiger partial charge in [-0.05, 0) is 17.5 Å². The average molecular weight is 151 g/mol. The van der Waals surface area contributed by atoms with Crippen LogP contribution in [-0.4, -0.2) is 15.0 Å². The molecule has 0 bridgehead atoms. The molecular formula is C6H5N3S. The highest BCUT2D eigenvalue weighted by Gasteiger charge is 1.93. The van der Waals surface area contributed by atoms with Gasteiger partial charge in [0.2, 0.25) is 0 Å². The van der Waals surface area contributed by atoms with Crippen molar-refractivity contribution in [2.75, 3.05) is 0 Å². The van der Waals surface area contributed by atoms with E-state index in [1.54, 1.807) is 22.2 Å². The van der Waals surface area contributed by atoms with Crippen LogP contribution in [-0.2, 0) is 0 Å². The van der Waals surface area contributed by atoms with E-state index in [1.807, 2.05) is 23.7 Å². The molecule has 0 fully saturated rings. The Morgan fingerprint density at radius 3 is 3.10 bits per heavy atom. The first-order valence-electron chi connectivity index (χ1n) is 2.87. The lowest BCUT2D eigenvalue weighted by atomic mass is 10.6. The van der Waals surface area contributed by atoms with Crippen LogP contribution >= 0.6 is 11.3 Å². The van der Waals surface area contributed by atoms with Gasteiger partial charge < -0.3 is 0 Å². The van der Waals surface area contributed by atoms with Crippen LogP contribution in [0.3, 0.4) is 0 Å². The summed E-state index contributed by atoms with van der Waals surface area (Å²) in [6, 6.07) is 3.99.